The molecule has 0 spiro atoms. The minimum absolute atomic E-state index is 0.0393. The summed E-state index contributed by atoms with van der Waals surface area (Å²) in [5.74, 6) is -1.19. The van der Waals surface area contributed by atoms with Gasteiger partial charge in [-0.1, -0.05) is 26.3 Å². The zero-order valence-electron chi connectivity index (χ0n) is 18.3. The van der Waals surface area contributed by atoms with Gasteiger partial charge in [-0.3, -0.25) is 19.2 Å². The number of Topliss-reactive ketones (excluding diaryl/α,β-unsaturated/α-hetero) is 2. The van der Waals surface area contributed by atoms with Gasteiger partial charge in [0.05, 0.1) is 0 Å². The van der Waals surface area contributed by atoms with Crippen molar-refractivity contribution in [2.75, 3.05) is 6.61 Å². The van der Waals surface area contributed by atoms with Crippen LogP contribution in [0.5, 0.6) is 0 Å². The Morgan fingerprint density at radius 1 is 1.23 bits per heavy atom. The molecule has 0 radical (unpaired) electrons. The van der Waals surface area contributed by atoms with E-state index in [1.807, 2.05) is 13.8 Å². The quantitative estimate of drug-likeness (QED) is 0.711. The Balaban J connectivity index is 1.70. The first kappa shape index (κ1) is 21.4. The fourth-order valence-electron chi connectivity index (χ4n) is 7.59. The third-order valence-corrected chi connectivity index (χ3v) is 9.07. The maximum absolute atomic E-state index is 13.6. The summed E-state index contributed by atoms with van der Waals surface area (Å²) in [5.41, 5.74) is -1.76. The van der Waals surface area contributed by atoms with E-state index >= 15 is 0 Å². The Kier molecular flexibility index (Phi) is 4.88. The van der Waals surface area contributed by atoms with Crippen molar-refractivity contribution in [3.05, 3.63) is 11.6 Å². The molecule has 0 amide bonds. The van der Waals surface area contributed by atoms with Gasteiger partial charge < -0.3 is 9.84 Å². The maximum atomic E-state index is 13.6. The van der Waals surface area contributed by atoms with Crippen molar-refractivity contribution in [2.24, 2.45) is 34.5 Å². The van der Waals surface area contributed by atoms with Gasteiger partial charge >= 0.3 is 5.97 Å². The van der Waals surface area contributed by atoms with Crippen LogP contribution >= 0.6 is 0 Å². The van der Waals surface area contributed by atoms with Crippen molar-refractivity contribution >= 4 is 23.3 Å². The van der Waals surface area contributed by atoms with Crippen molar-refractivity contribution in [3.63, 3.8) is 0 Å². The van der Waals surface area contributed by atoms with E-state index in [0.717, 1.165) is 18.4 Å². The van der Waals surface area contributed by atoms with Crippen LogP contribution in [0.25, 0.3) is 0 Å². The molecular weight excluding hydrogens is 384 g/mol. The third kappa shape index (κ3) is 2.72. The summed E-state index contributed by atoms with van der Waals surface area (Å²) in [4.78, 5) is 49.8. The van der Waals surface area contributed by atoms with Crippen molar-refractivity contribution in [1.29, 1.82) is 0 Å². The van der Waals surface area contributed by atoms with Crippen LogP contribution in [0, 0.1) is 34.5 Å². The molecule has 0 aromatic carbocycles. The van der Waals surface area contributed by atoms with Crippen molar-refractivity contribution in [2.45, 2.75) is 71.8 Å². The number of carbonyl (C=O) groups is 4. The van der Waals surface area contributed by atoms with Crippen LogP contribution in [0.1, 0.15) is 66.2 Å². The molecule has 7 atom stereocenters. The Labute approximate surface area is 177 Å². The lowest BCUT2D eigenvalue weighted by atomic mass is 9.46. The molecule has 164 valence electrons. The monoisotopic (exact) mass is 416 g/mol. The normalized spacial score (nSPS) is 45.2. The van der Waals surface area contributed by atoms with Gasteiger partial charge in [0.25, 0.3) is 0 Å². The number of esters is 1. The maximum Gasteiger partial charge on any atom is 0.303 e. The van der Waals surface area contributed by atoms with E-state index in [-0.39, 0.29) is 47.1 Å². The third-order valence-electron chi connectivity index (χ3n) is 9.07. The fraction of sp³-hybridized carbons (Fsp3) is 0.750. The zero-order valence-corrected chi connectivity index (χ0v) is 18.3. The van der Waals surface area contributed by atoms with E-state index in [0.29, 0.717) is 19.3 Å². The molecule has 4 aliphatic rings. The first-order valence-electron chi connectivity index (χ1n) is 11.1. The molecule has 0 bridgehead atoms. The van der Waals surface area contributed by atoms with E-state index in [9.17, 15) is 24.3 Å². The predicted octanol–water partition coefficient (Wildman–Crippen LogP) is 2.81. The molecule has 6 heteroatoms. The van der Waals surface area contributed by atoms with Crippen molar-refractivity contribution in [3.8, 4) is 0 Å². The van der Waals surface area contributed by atoms with Crippen LogP contribution in [0.3, 0.4) is 0 Å². The zero-order chi connectivity index (χ0) is 22.1. The highest BCUT2D eigenvalue weighted by atomic mass is 16.5. The summed E-state index contributed by atoms with van der Waals surface area (Å²) in [6.07, 6.45) is 5.32. The van der Waals surface area contributed by atoms with E-state index in [2.05, 4.69) is 6.92 Å². The van der Waals surface area contributed by atoms with Gasteiger partial charge in [-0.15, -0.1) is 0 Å². The Morgan fingerprint density at radius 3 is 2.60 bits per heavy atom. The molecule has 1 unspecified atom stereocenters. The first-order chi connectivity index (χ1) is 13.9. The minimum atomic E-state index is -1.69. The molecule has 0 aromatic heterocycles. The molecule has 4 rings (SSSR count). The van der Waals surface area contributed by atoms with Crippen LogP contribution in [-0.2, 0) is 23.9 Å². The van der Waals surface area contributed by atoms with Crippen LogP contribution in [-0.4, -0.2) is 40.6 Å². The average Bonchev–Trinajstić information content (AvgIpc) is 2.87. The molecule has 0 heterocycles. The lowest BCUT2D eigenvalue weighted by Crippen LogP contribution is -2.62. The highest BCUT2D eigenvalue weighted by molar-refractivity contribution is 5.95. The molecular formula is C24H32O6. The van der Waals surface area contributed by atoms with Crippen molar-refractivity contribution in [1.82, 2.24) is 0 Å². The van der Waals surface area contributed by atoms with Gasteiger partial charge in [-0.2, -0.15) is 0 Å². The molecule has 30 heavy (non-hydrogen) atoms. The number of ether oxygens (including phenoxy) is 1. The molecule has 3 fully saturated rings. The molecule has 0 aliphatic heterocycles. The molecule has 0 saturated heterocycles. The topological polar surface area (TPSA) is 97.7 Å². The standard InChI is InChI=1S/C24H32O6/c1-13-9-18-17-6-5-15-10-16(26)7-8-22(15,3)21(17)19(27)11-23(18,4)24(13,29)20(28)12-30-14(2)25/h10,13,17-18,21,29H,5-9,11-12H2,1-4H3/t13?,17-,18-,21+,22-,23-,24-/m0/s1. The van der Waals surface area contributed by atoms with Gasteiger partial charge in [0.15, 0.2) is 12.4 Å². The van der Waals surface area contributed by atoms with Crippen LogP contribution in [0.2, 0.25) is 0 Å². The number of carbonyl (C=O) groups excluding carboxylic acids is 4. The largest absolute Gasteiger partial charge is 0.458 e. The number of fused-ring (bicyclic) bond motifs is 5. The predicted molar refractivity (Wildman–Crippen MR) is 108 cm³/mol. The Morgan fingerprint density at radius 2 is 1.93 bits per heavy atom. The highest BCUT2D eigenvalue weighted by Crippen LogP contribution is 2.67. The van der Waals surface area contributed by atoms with Gasteiger partial charge in [-0.05, 0) is 54.9 Å². The lowest BCUT2D eigenvalue weighted by molar-refractivity contribution is -0.177. The molecule has 1 N–H and O–H groups in total. The molecule has 6 nitrogen and oxygen atoms in total. The smallest absolute Gasteiger partial charge is 0.303 e. The second kappa shape index (κ2) is 6.84. The number of aliphatic hydroxyl groups is 1. The number of hydrogen-bond acceptors (Lipinski definition) is 6. The molecule has 0 aromatic rings. The van der Waals surface area contributed by atoms with Crippen LogP contribution in [0.4, 0.5) is 0 Å². The van der Waals surface area contributed by atoms with Gasteiger partial charge in [0, 0.05) is 31.1 Å². The minimum Gasteiger partial charge on any atom is -0.458 e. The lowest BCUT2D eigenvalue weighted by Gasteiger charge is -2.57. The second-order valence-corrected chi connectivity index (χ2v) is 10.5. The molecule has 4 aliphatic carbocycles. The highest BCUT2D eigenvalue weighted by Gasteiger charge is 2.70. The summed E-state index contributed by atoms with van der Waals surface area (Å²) in [7, 11) is 0. The summed E-state index contributed by atoms with van der Waals surface area (Å²) >= 11 is 0. The Bertz CT molecular complexity index is 858. The van der Waals surface area contributed by atoms with E-state index < -0.39 is 29.4 Å². The summed E-state index contributed by atoms with van der Waals surface area (Å²) in [5, 5.41) is 11.7. The van der Waals surface area contributed by atoms with E-state index in [4.69, 9.17) is 4.74 Å². The van der Waals surface area contributed by atoms with Crippen molar-refractivity contribution < 1.29 is 29.0 Å². The van der Waals surface area contributed by atoms with Gasteiger partial charge in [-0.25, -0.2) is 0 Å². The summed E-state index contributed by atoms with van der Waals surface area (Å²) < 4.78 is 4.91. The first-order valence-corrected chi connectivity index (χ1v) is 11.1. The van der Waals surface area contributed by atoms with E-state index in [1.165, 1.54) is 6.92 Å². The SMILES string of the molecule is CC(=O)OCC(=O)[C@@]1(O)C(C)C[C@H]2[C@@H]3CCC4=CC(=O)CC[C@]4(C)[C@H]3C(=O)C[C@@]21C. The average molecular weight is 417 g/mol. The summed E-state index contributed by atoms with van der Waals surface area (Å²) in [6, 6.07) is 0. The fourth-order valence-corrected chi connectivity index (χ4v) is 7.59. The Hall–Kier alpha value is -1.82. The number of hydrogen-bond donors (Lipinski definition) is 1. The number of rotatable bonds is 3. The van der Waals surface area contributed by atoms with Crippen LogP contribution in [0.15, 0.2) is 11.6 Å². The van der Waals surface area contributed by atoms with Gasteiger partial charge in [0.1, 0.15) is 11.4 Å². The molecule has 3 saturated carbocycles. The second-order valence-electron chi connectivity index (χ2n) is 10.5. The van der Waals surface area contributed by atoms with E-state index in [1.54, 1.807) is 6.08 Å². The van der Waals surface area contributed by atoms with Crippen LogP contribution < -0.4 is 0 Å². The number of allylic oxidation sites excluding steroid dienone is 1. The number of ketones is 3. The van der Waals surface area contributed by atoms with Gasteiger partial charge in [0.2, 0.25) is 5.78 Å². The summed E-state index contributed by atoms with van der Waals surface area (Å²) in [6.45, 7) is 6.63.